The average molecular weight is 277 g/mol. The van der Waals surface area contributed by atoms with Crippen molar-refractivity contribution in [1.82, 2.24) is 15.3 Å². The van der Waals surface area contributed by atoms with Crippen LogP contribution in [0.25, 0.3) is 0 Å². The van der Waals surface area contributed by atoms with Gasteiger partial charge in [0.15, 0.2) is 0 Å². The quantitative estimate of drug-likeness (QED) is 0.777. The fourth-order valence-electron chi connectivity index (χ4n) is 2.19. The molecule has 20 heavy (non-hydrogen) atoms. The highest BCUT2D eigenvalue weighted by molar-refractivity contribution is 6.04. The summed E-state index contributed by atoms with van der Waals surface area (Å²) in [5.74, 6) is 0.957. The molecule has 0 radical (unpaired) electrons. The number of nitrogens with zero attached hydrogens (tertiary/aromatic N) is 3. The van der Waals surface area contributed by atoms with E-state index in [-0.39, 0.29) is 24.3 Å². The lowest BCUT2D eigenvalue weighted by Gasteiger charge is -2.34. The number of amides is 2. The Morgan fingerprint density at radius 3 is 2.75 bits per heavy atom. The monoisotopic (exact) mass is 277 g/mol. The molecule has 0 aromatic carbocycles. The zero-order valence-electron chi connectivity index (χ0n) is 11.9. The van der Waals surface area contributed by atoms with Gasteiger partial charge in [0.25, 0.3) is 0 Å². The SMILES string of the molecule is CCC1C(=O)NC(=O)CN1c1cc(N)nc(C(C)C)n1. The summed E-state index contributed by atoms with van der Waals surface area (Å²) in [4.78, 5) is 33.7. The molecule has 0 bridgehead atoms. The van der Waals surface area contributed by atoms with Gasteiger partial charge in [-0.05, 0) is 6.42 Å². The molecule has 1 saturated heterocycles. The van der Waals surface area contributed by atoms with Crippen molar-refractivity contribution in [2.24, 2.45) is 0 Å². The fourth-order valence-corrected chi connectivity index (χ4v) is 2.19. The first kappa shape index (κ1) is 14.2. The average Bonchev–Trinajstić information content (AvgIpc) is 2.37. The number of imide groups is 1. The van der Waals surface area contributed by atoms with Crippen molar-refractivity contribution < 1.29 is 9.59 Å². The Kier molecular flexibility index (Phi) is 3.87. The highest BCUT2D eigenvalue weighted by Gasteiger charge is 2.33. The van der Waals surface area contributed by atoms with Gasteiger partial charge in [-0.15, -0.1) is 0 Å². The lowest BCUT2D eigenvalue weighted by molar-refractivity contribution is -0.132. The van der Waals surface area contributed by atoms with Gasteiger partial charge >= 0.3 is 0 Å². The van der Waals surface area contributed by atoms with E-state index in [0.29, 0.717) is 23.9 Å². The molecular formula is C13H19N5O2. The van der Waals surface area contributed by atoms with E-state index in [1.54, 1.807) is 11.0 Å². The van der Waals surface area contributed by atoms with E-state index in [9.17, 15) is 9.59 Å². The molecule has 1 fully saturated rings. The molecule has 2 rings (SSSR count). The highest BCUT2D eigenvalue weighted by atomic mass is 16.2. The number of nitrogens with two attached hydrogens (primary N) is 1. The van der Waals surface area contributed by atoms with Crippen molar-refractivity contribution in [3.63, 3.8) is 0 Å². The van der Waals surface area contributed by atoms with E-state index < -0.39 is 6.04 Å². The first-order valence-electron chi connectivity index (χ1n) is 6.67. The summed E-state index contributed by atoms with van der Waals surface area (Å²) < 4.78 is 0. The molecule has 2 amide bonds. The molecule has 0 saturated carbocycles. The highest BCUT2D eigenvalue weighted by Crippen LogP contribution is 2.22. The number of carbonyl (C=O) groups excluding carboxylic acids is 2. The number of carbonyl (C=O) groups is 2. The maximum absolute atomic E-state index is 11.9. The molecule has 3 N–H and O–H groups in total. The van der Waals surface area contributed by atoms with E-state index in [1.165, 1.54) is 0 Å². The number of hydrogen-bond acceptors (Lipinski definition) is 6. The van der Waals surface area contributed by atoms with Crippen molar-refractivity contribution in [3.8, 4) is 0 Å². The van der Waals surface area contributed by atoms with Crippen molar-refractivity contribution in [2.75, 3.05) is 17.2 Å². The van der Waals surface area contributed by atoms with Gasteiger partial charge in [0.2, 0.25) is 11.8 Å². The summed E-state index contributed by atoms with van der Waals surface area (Å²) in [7, 11) is 0. The van der Waals surface area contributed by atoms with Gasteiger partial charge in [-0.2, -0.15) is 0 Å². The Bertz CT molecular complexity index is 544. The molecule has 2 heterocycles. The van der Waals surface area contributed by atoms with Gasteiger partial charge in [0.05, 0.1) is 6.54 Å². The van der Waals surface area contributed by atoms with Crippen LogP contribution in [0, 0.1) is 0 Å². The second-order valence-electron chi connectivity index (χ2n) is 5.13. The standard InChI is InChI=1S/C13H19N5O2/c1-4-8-13(20)17-11(19)6-18(8)10-5-9(14)15-12(16-10)7(2)3/h5,7-8H,4,6H2,1-3H3,(H2,14,15,16)(H,17,19,20). The van der Waals surface area contributed by atoms with Crippen LogP contribution in [0.3, 0.4) is 0 Å². The van der Waals surface area contributed by atoms with Crippen LogP contribution < -0.4 is 16.0 Å². The van der Waals surface area contributed by atoms with Gasteiger partial charge < -0.3 is 10.6 Å². The topological polar surface area (TPSA) is 101 Å². The summed E-state index contributed by atoms with van der Waals surface area (Å²) >= 11 is 0. The van der Waals surface area contributed by atoms with E-state index in [0.717, 1.165) is 0 Å². The number of nitrogens with one attached hydrogen (secondary N) is 1. The van der Waals surface area contributed by atoms with Gasteiger partial charge in [-0.1, -0.05) is 20.8 Å². The molecule has 1 aromatic rings. The third kappa shape index (κ3) is 2.71. The molecule has 1 unspecified atom stereocenters. The molecule has 7 heteroatoms. The van der Waals surface area contributed by atoms with Crippen LogP contribution in [0.2, 0.25) is 0 Å². The van der Waals surface area contributed by atoms with Crippen molar-refractivity contribution in [2.45, 2.75) is 39.2 Å². The summed E-state index contributed by atoms with van der Waals surface area (Å²) in [6, 6.07) is 1.18. The maximum atomic E-state index is 11.9. The Morgan fingerprint density at radius 2 is 2.15 bits per heavy atom. The van der Waals surface area contributed by atoms with Crippen molar-refractivity contribution in [1.29, 1.82) is 0 Å². The smallest absolute Gasteiger partial charge is 0.249 e. The normalized spacial score (nSPS) is 19.4. The second kappa shape index (κ2) is 5.44. The van der Waals surface area contributed by atoms with Crippen molar-refractivity contribution >= 4 is 23.5 Å². The summed E-state index contributed by atoms with van der Waals surface area (Å²) in [5.41, 5.74) is 5.80. The molecule has 1 atom stereocenters. The summed E-state index contributed by atoms with van der Waals surface area (Å²) in [6.45, 7) is 5.91. The minimum atomic E-state index is -0.415. The predicted octanol–water partition coefficient (Wildman–Crippen LogP) is 0.424. The molecule has 108 valence electrons. The maximum Gasteiger partial charge on any atom is 0.249 e. The molecule has 1 aliphatic rings. The summed E-state index contributed by atoms with van der Waals surface area (Å²) in [6.07, 6.45) is 0.583. The number of aromatic nitrogens is 2. The van der Waals surface area contributed by atoms with Crippen LogP contribution in [-0.4, -0.2) is 34.4 Å². The third-order valence-corrected chi connectivity index (χ3v) is 3.20. The number of anilines is 2. The molecule has 7 nitrogen and oxygen atoms in total. The van der Waals surface area contributed by atoms with Crippen LogP contribution in [0.5, 0.6) is 0 Å². The molecule has 0 spiro atoms. The van der Waals surface area contributed by atoms with Crippen LogP contribution >= 0.6 is 0 Å². The van der Waals surface area contributed by atoms with E-state index in [2.05, 4.69) is 15.3 Å². The van der Waals surface area contributed by atoms with Crippen LogP contribution in [0.4, 0.5) is 11.6 Å². The van der Waals surface area contributed by atoms with E-state index in [1.807, 2.05) is 20.8 Å². The minimum absolute atomic E-state index is 0.0955. The number of hydrogen-bond donors (Lipinski definition) is 2. The first-order chi connectivity index (χ1) is 9.42. The summed E-state index contributed by atoms with van der Waals surface area (Å²) in [5, 5.41) is 2.34. The number of rotatable bonds is 3. The minimum Gasteiger partial charge on any atom is -0.384 e. The lowest BCUT2D eigenvalue weighted by Crippen LogP contribution is -2.58. The molecular weight excluding hydrogens is 258 g/mol. The molecule has 1 aliphatic heterocycles. The van der Waals surface area contributed by atoms with E-state index >= 15 is 0 Å². The Labute approximate surface area is 117 Å². The predicted molar refractivity (Wildman–Crippen MR) is 75.1 cm³/mol. The Balaban J connectivity index is 2.42. The molecule has 1 aromatic heterocycles. The van der Waals surface area contributed by atoms with Gasteiger partial charge in [-0.25, -0.2) is 9.97 Å². The molecule has 0 aliphatic carbocycles. The van der Waals surface area contributed by atoms with E-state index in [4.69, 9.17) is 5.73 Å². The fraction of sp³-hybridized carbons (Fsp3) is 0.538. The lowest BCUT2D eigenvalue weighted by atomic mass is 10.1. The third-order valence-electron chi connectivity index (χ3n) is 3.20. The zero-order chi connectivity index (χ0) is 14.9. The number of nitrogen functional groups attached to an aromatic ring is 1. The zero-order valence-corrected chi connectivity index (χ0v) is 11.9. The van der Waals surface area contributed by atoms with Crippen LogP contribution in [0.1, 0.15) is 38.9 Å². The first-order valence-corrected chi connectivity index (χ1v) is 6.67. The van der Waals surface area contributed by atoms with Gasteiger partial charge in [0.1, 0.15) is 23.5 Å². The van der Waals surface area contributed by atoms with Gasteiger partial charge in [0, 0.05) is 12.0 Å². The van der Waals surface area contributed by atoms with Crippen LogP contribution in [0.15, 0.2) is 6.07 Å². The Morgan fingerprint density at radius 1 is 1.45 bits per heavy atom. The second-order valence-corrected chi connectivity index (χ2v) is 5.13. The number of piperazine rings is 1. The largest absolute Gasteiger partial charge is 0.384 e. The van der Waals surface area contributed by atoms with Crippen LogP contribution in [-0.2, 0) is 9.59 Å². The van der Waals surface area contributed by atoms with Gasteiger partial charge in [-0.3, -0.25) is 14.9 Å². The van der Waals surface area contributed by atoms with Crippen molar-refractivity contribution in [3.05, 3.63) is 11.9 Å². The Hall–Kier alpha value is -2.18.